The molecule has 3 atom stereocenters. The van der Waals surface area contributed by atoms with E-state index in [-0.39, 0.29) is 23.1 Å². The first-order chi connectivity index (χ1) is 12.9. The normalized spacial score (nSPS) is 29.1. The molecule has 148 valence electrons. The number of rotatable bonds is 5. The molecule has 4 rings (SSSR count). The second-order valence-electron chi connectivity index (χ2n) is 8.31. The van der Waals surface area contributed by atoms with Crippen molar-refractivity contribution in [1.82, 2.24) is 9.62 Å². The van der Waals surface area contributed by atoms with E-state index in [1.165, 1.54) is 35.7 Å². The van der Waals surface area contributed by atoms with Gasteiger partial charge in [0.25, 0.3) is 0 Å². The molecule has 2 bridgehead atoms. The molecule has 1 N–H and O–H groups in total. The van der Waals surface area contributed by atoms with Crippen molar-refractivity contribution < 1.29 is 17.6 Å². The lowest BCUT2D eigenvalue weighted by atomic mass is 9.93. The van der Waals surface area contributed by atoms with Gasteiger partial charge in [-0.15, -0.1) is 0 Å². The summed E-state index contributed by atoms with van der Waals surface area (Å²) in [6.45, 7) is 0.650. The van der Waals surface area contributed by atoms with Crippen molar-refractivity contribution in [3.05, 3.63) is 35.6 Å². The molecule has 2 saturated carbocycles. The van der Waals surface area contributed by atoms with Gasteiger partial charge in [0.2, 0.25) is 15.9 Å². The van der Waals surface area contributed by atoms with Gasteiger partial charge >= 0.3 is 0 Å². The Kier molecular flexibility index (Phi) is 5.25. The van der Waals surface area contributed by atoms with Crippen LogP contribution in [0.25, 0.3) is 0 Å². The lowest BCUT2D eigenvalue weighted by Crippen LogP contribution is -2.46. The van der Waals surface area contributed by atoms with Crippen LogP contribution in [-0.2, 0) is 20.6 Å². The maximum absolute atomic E-state index is 13.8. The SMILES string of the molecule is O=C(N[C@H]1C[C@H]2CC[C@@H]1C2)C1CCN(S(=O)(=O)Cc2ccccc2F)CC1. The van der Waals surface area contributed by atoms with Gasteiger partial charge in [-0.25, -0.2) is 17.1 Å². The molecule has 1 aromatic rings. The molecule has 0 radical (unpaired) electrons. The van der Waals surface area contributed by atoms with Crippen molar-refractivity contribution in [2.45, 2.75) is 50.3 Å². The van der Waals surface area contributed by atoms with Gasteiger partial charge in [-0.05, 0) is 50.0 Å². The van der Waals surface area contributed by atoms with E-state index in [9.17, 15) is 17.6 Å². The van der Waals surface area contributed by atoms with Crippen molar-refractivity contribution in [3.8, 4) is 0 Å². The van der Waals surface area contributed by atoms with Gasteiger partial charge in [-0.2, -0.15) is 0 Å². The zero-order chi connectivity index (χ0) is 19.0. The minimum absolute atomic E-state index is 0.0821. The highest BCUT2D eigenvalue weighted by Crippen LogP contribution is 2.44. The number of fused-ring (bicyclic) bond motifs is 2. The fraction of sp³-hybridized carbons (Fsp3) is 0.650. The second-order valence-corrected chi connectivity index (χ2v) is 10.3. The van der Waals surface area contributed by atoms with Crippen LogP contribution in [0.15, 0.2) is 24.3 Å². The second kappa shape index (κ2) is 7.51. The summed E-state index contributed by atoms with van der Waals surface area (Å²) in [5.41, 5.74) is 0.189. The van der Waals surface area contributed by atoms with Crippen molar-refractivity contribution in [1.29, 1.82) is 0 Å². The third kappa shape index (κ3) is 4.04. The molecular formula is C20H27FN2O3S. The molecular weight excluding hydrogens is 367 g/mol. The summed E-state index contributed by atoms with van der Waals surface area (Å²) >= 11 is 0. The summed E-state index contributed by atoms with van der Waals surface area (Å²) in [4.78, 5) is 12.6. The van der Waals surface area contributed by atoms with Crippen LogP contribution in [0, 0.1) is 23.6 Å². The number of benzene rings is 1. The van der Waals surface area contributed by atoms with Gasteiger partial charge in [-0.1, -0.05) is 24.6 Å². The molecule has 0 spiro atoms. The lowest BCUT2D eigenvalue weighted by molar-refractivity contribution is -0.127. The van der Waals surface area contributed by atoms with E-state index in [1.807, 2.05) is 0 Å². The minimum Gasteiger partial charge on any atom is -0.353 e. The summed E-state index contributed by atoms with van der Waals surface area (Å²) < 4.78 is 40.4. The smallest absolute Gasteiger partial charge is 0.223 e. The average molecular weight is 395 g/mol. The molecule has 5 nitrogen and oxygen atoms in total. The van der Waals surface area contributed by atoms with Gasteiger partial charge in [0.05, 0.1) is 5.75 Å². The molecule has 7 heteroatoms. The van der Waals surface area contributed by atoms with E-state index >= 15 is 0 Å². The summed E-state index contributed by atoms with van der Waals surface area (Å²) in [7, 11) is -3.58. The fourth-order valence-electron chi connectivity index (χ4n) is 5.02. The highest BCUT2D eigenvalue weighted by molar-refractivity contribution is 7.88. The Balaban J connectivity index is 1.30. The monoisotopic (exact) mass is 394 g/mol. The molecule has 0 aromatic heterocycles. The quantitative estimate of drug-likeness (QED) is 0.835. The first-order valence-corrected chi connectivity index (χ1v) is 11.5. The molecule has 27 heavy (non-hydrogen) atoms. The Morgan fingerprint density at radius 1 is 1.11 bits per heavy atom. The number of sulfonamides is 1. The highest BCUT2D eigenvalue weighted by atomic mass is 32.2. The number of hydrogen-bond acceptors (Lipinski definition) is 3. The number of halogens is 1. The van der Waals surface area contributed by atoms with Gasteiger partial charge < -0.3 is 5.32 Å². The van der Waals surface area contributed by atoms with Crippen LogP contribution >= 0.6 is 0 Å². The summed E-state index contributed by atoms with van der Waals surface area (Å²) in [6, 6.07) is 6.28. The topological polar surface area (TPSA) is 66.5 Å². The van der Waals surface area contributed by atoms with Crippen LogP contribution in [0.1, 0.15) is 44.1 Å². The zero-order valence-corrected chi connectivity index (χ0v) is 16.3. The Labute approximate surface area is 160 Å². The molecule has 1 amide bonds. The third-order valence-corrected chi connectivity index (χ3v) is 8.41. The van der Waals surface area contributed by atoms with Crippen LogP contribution in [0.3, 0.4) is 0 Å². The maximum atomic E-state index is 13.8. The number of nitrogens with one attached hydrogen (secondary N) is 1. The summed E-state index contributed by atoms with van der Waals surface area (Å²) in [5, 5.41) is 3.22. The first kappa shape index (κ1) is 18.9. The summed E-state index contributed by atoms with van der Waals surface area (Å²) in [5.74, 6) is 0.552. The van der Waals surface area contributed by atoms with E-state index < -0.39 is 15.8 Å². The number of hydrogen-bond donors (Lipinski definition) is 1. The molecule has 2 aliphatic carbocycles. The van der Waals surface area contributed by atoms with E-state index in [0.717, 1.165) is 12.3 Å². The Hall–Kier alpha value is -1.47. The van der Waals surface area contributed by atoms with Crippen LogP contribution in [-0.4, -0.2) is 37.8 Å². The Bertz CT molecular complexity index is 805. The van der Waals surface area contributed by atoms with Crippen LogP contribution in [0.2, 0.25) is 0 Å². The van der Waals surface area contributed by atoms with E-state index in [0.29, 0.717) is 37.9 Å². The summed E-state index contributed by atoms with van der Waals surface area (Å²) in [6.07, 6.45) is 5.94. The first-order valence-electron chi connectivity index (χ1n) is 9.94. The largest absolute Gasteiger partial charge is 0.353 e. The third-order valence-electron chi connectivity index (χ3n) is 6.58. The van der Waals surface area contributed by atoms with Crippen molar-refractivity contribution in [2.75, 3.05) is 13.1 Å². The predicted molar refractivity (Wildman–Crippen MR) is 101 cm³/mol. The lowest BCUT2D eigenvalue weighted by Gasteiger charge is -2.32. The zero-order valence-electron chi connectivity index (χ0n) is 15.4. The molecule has 3 fully saturated rings. The molecule has 1 saturated heterocycles. The minimum atomic E-state index is -3.58. The molecule has 1 heterocycles. The van der Waals surface area contributed by atoms with Crippen LogP contribution in [0.4, 0.5) is 4.39 Å². The molecule has 0 unspecified atom stereocenters. The van der Waals surface area contributed by atoms with E-state index in [4.69, 9.17) is 0 Å². The van der Waals surface area contributed by atoms with Gasteiger partial charge in [0, 0.05) is 30.6 Å². The highest BCUT2D eigenvalue weighted by Gasteiger charge is 2.41. The number of piperidine rings is 1. The number of carbonyl (C=O) groups is 1. The fourth-order valence-corrected chi connectivity index (χ4v) is 6.60. The van der Waals surface area contributed by atoms with Crippen molar-refractivity contribution in [3.63, 3.8) is 0 Å². The van der Waals surface area contributed by atoms with Gasteiger partial charge in [0.1, 0.15) is 5.82 Å². The number of amides is 1. The van der Waals surface area contributed by atoms with Gasteiger partial charge in [-0.3, -0.25) is 4.79 Å². The van der Waals surface area contributed by atoms with Gasteiger partial charge in [0.15, 0.2) is 0 Å². The van der Waals surface area contributed by atoms with E-state index in [1.54, 1.807) is 12.1 Å². The molecule has 3 aliphatic rings. The van der Waals surface area contributed by atoms with Crippen LogP contribution in [0.5, 0.6) is 0 Å². The van der Waals surface area contributed by atoms with Crippen LogP contribution < -0.4 is 5.32 Å². The predicted octanol–water partition coefficient (Wildman–Crippen LogP) is 2.67. The standard InChI is InChI=1S/C20H27FN2O3S/c21-18-4-2-1-3-17(18)13-27(25,26)23-9-7-15(8-10-23)20(24)22-19-12-14-5-6-16(19)11-14/h1-4,14-16,19H,5-13H2,(H,22,24)/t14-,16+,19-/m0/s1. The maximum Gasteiger partial charge on any atom is 0.223 e. The number of carbonyl (C=O) groups excluding carboxylic acids is 1. The Morgan fingerprint density at radius 2 is 1.85 bits per heavy atom. The average Bonchev–Trinajstić information content (AvgIpc) is 3.27. The van der Waals surface area contributed by atoms with Crippen molar-refractivity contribution >= 4 is 15.9 Å². The molecule has 1 aromatic carbocycles. The van der Waals surface area contributed by atoms with Crippen molar-refractivity contribution in [2.24, 2.45) is 17.8 Å². The number of nitrogens with zero attached hydrogens (tertiary/aromatic N) is 1. The Morgan fingerprint density at radius 3 is 2.48 bits per heavy atom. The molecule has 1 aliphatic heterocycles. The van der Waals surface area contributed by atoms with E-state index in [2.05, 4.69) is 5.32 Å².